The van der Waals surface area contributed by atoms with Crippen LogP contribution < -0.4 is 15.4 Å². The maximum atomic E-state index is 11.3. The molecule has 0 fully saturated rings. The van der Waals surface area contributed by atoms with Crippen molar-refractivity contribution in [3.05, 3.63) is 33.9 Å². The number of hydrogen-bond acceptors (Lipinski definition) is 5. The molecule has 0 aliphatic rings. The van der Waals surface area contributed by atoms with Crippen LogP contribution in [0.4, 0.5) is 5.69 Å². The Kier molecular flexibility index (Phi) is 5.74. The van der Waals surface area contributed by atoms with Crippen molar-refractivity contribution in [2.75, 3.05) is 20.2 Å². The number of hydrogen-bond donors (Lipinski definition) is 2. The molecule has 0 aromatic heterocycles. The van der Waals surface area contributed by atoms with Crippen LogP contribution in [0.1, 0.15) is 12.5 Å². The van der Waals surface area contributed by atoms with Crippen LogP contribution in [-0.4, -0.2) is 31.0 Å². The molecule has 1 aromatic rings. The van der Waals surface area contributed by atoms with Gasteiger partial charge in [-0.1, -0.05) is 0 Å². The number of rotatable bonds is 7. The monoisotopic (exact) mass is 267 g/mol. The van der Waals surface area contributed by atoms with E-state index >= 15 is 0 Å². The summed E-state index contributed by atoms with van der Waals surface area (Å²) in [6.07, 6.45) is 0. The van der Waals surface area contributed by atoms with Crippen LogP contribution in [0.15, 0.2) is 18.2 Å². The number of nitrogens with zero attached hydrogens (tertiary/aromatic N) is 1. The van der Waals surface area contributed by atoms with E-state index in [9.17, 15) is 14.9 Å². The Morgan fingerprint density at radius 2 is 2.21 bits per heavy atom. The number of carbonyl (C=O) groups excluding carboxylic acids is 1. The predicted molar refractivity (Wildman–Crippen MR) is 70.0 cm³/mol. The molecule has 0 heterocycles. The summed E-state index contributed by atoms with van der Waals surface area (Å²) < 4.78 is 5.36. The summed E-state index contributed by atoms with van der Waals surface area (Å²) in [6.45, 7) is 2.66. The molecule has 1 aromatic carbocycles. The highest BCUT2D eigenvalue weighted by molar-refractivity contribution is 5.77. The van der Waals surface area contributed by atoms with Crippen molar-refractivity contribution in [2.45, 2.75) is 13.5 Å². The van der Waals surface area contributed by atoms with Crippen molar-refractivity contribution >= 4 is 11.6 Å². The van der Waals surface area contributed by atoms with E-state index in [1.165, 1.54) is 18.2 Å². The molecule has 0 spiro atoms. The number of non-ortho nitro benzene ring substituents is 1. The number of ether oxygens (including phenoxy) is 1. The molecule has 104 valence electrons. The van der Waals surface area contributed by atoms with Crippen LogP contribution >= 0.6 is 0 Å². The van der Waals surface area contributed by atoms with E-state index in [2.05, 4.69) is 10.6 Å². The Balaban J connectivity index is 2.81. The molecule has 0 aliphatic heterocycles. The molecule has 0 saturated carbocycles. The van der Waals surface area contributed by atoms with Crippen LogP contribution in [0.5, 0.6) is 5.75 Å². The molecule has 7 nitrogen and oxygen atoms in total. The van der Waals surface area contributed by atoms with Crippen LogP contribution in [0.25, 0.3) is 0 Å². The third-order valence-corrected chi connectivity index (χ3v) is 2.35. The fourth-order valence-electron chi connectivity index (χ4n) is 1.54. The van der Waals surface area contributed by atoms with E-state index in [-0.39, 0.29) is 18.2 Å². The van der Waals surface area contributed by atoms with Crippen molar-refractivity contribution in [2.24, 2.45) is 0 Å². The van der Waals surface area contributed by atoms with E-state index in [4.69, 9.17) is 4.74 Å². The van der Waals surface area contributed by atoms with Crippen LogP contribution in [0.3, 0.4) is 0 Å². The number of nitro groups is 1. The van der Waals surface area contributed by atoms with E-state index in [0.29, 0.717) is 24.4 Å². The molecular formula is C12H17N3O4. The summed E-state index contributed by atoms with van der Waals surface area (Å²) in [5.41, 5.74) is 0.636. The minimum Gasteiger partial charge on any atom is -0.483 e. The summed E-state index contributed by atoms with van der Waals surface area (Å²) in [4.78, 5) is 21.5. The molecule has 19 heavy (non-hydrogen) atoms. The summed E-state index contributed by atoms with van der Waals surface area (Å²) in [5.74, 6) is 0.238. The van der Waals surface area contributed by atoms with Gasteiger partial charge in [-0.25, -0.2) is 0 Å². The number of benzene rings is 1. The molecule has 0 radical (unpaired) electrons. The van der Waals surface area contributed by atoms with Gasteiger partial charge in [0.15, 0.2) is 6.61 Å². The van der Waals surface area contributed by atoms with Gasteiger partial charge in [0, 0.05) is 30.8 Å². The summed E-state index contributed by atoms with van der Waals surface area (Å²) in [7, 11) is 1.73. The predicted octanol–water partition coefficient (Wildman–Crippen LogP) is 0.829. The van der Waals surface area contributed by atoms with Crippen molar-refractivity contribution in [3.63, 3.8) is 0 Å². The minimum atomic E-state index is -0.466. The Morgan fingerprint density at radius 1 is 1.47 bits per heavy atom. The zero-order chi connectivity index (χ0) is 14.3. The number of nitro benzene ring substituents is 1. The SMILES string of the molecule is CCNC(=O)COc1ccc([N+](=O)[O-])cc1CNC. The second-order valence-corrected chi connectivity index (χ2v) is 3.82. The lowest BCUT2D eigenvalue weighted by atomic mass is 10.2. The van der Waals surface area contributed by atoms with Gasteiger partial charge in [-0.3, -0.25) is 14.9 Å². The van der Waals surface area contributed by atoms with E-state index in [1.807, 2.05) is 6.92 Å². The Morgan fingerprint density at radius 3 is 2.79 bits per heavy atom. The van der Waals surface area contributed by atoms with E-state index < -0.39 is 4.92 Å². The maximum absolute atomic E-state index is 11.3. The van der Waals surface area contributed by atoms with Crippen LogP contribution in [0, 0.1) is 10.1 Å². The summed E-state index contributed by atoms with van der Waals surface area (Å²) >= 11 is 0. The van der Waals surface area contributed by atoms with Crippen LogP contribution in [-0.2, 0) is 11.3 Å². The lowest BCUT2D eigenvalue weighted by Gasteiger charge is -2.11. The first kappa shape index (κ1) is 14.9. The Bertz CT molecular complexity index is 462. The second-order valence-electron chi connectivity index (χ2n) is 3.82. The zero-order valence-corrected chi connectivity index (χ0v) is 10.9. The minimum absolute atomic E-state index is 0.00407. The van der Waals surface area contributed by atoms with Gasteiger partial charge < -0.3 is 15.4 Å². The fraction of sp³-hybridized carbons (Fsp3) is 0.417. The van der Waals surface area contributed by atoms with Crippen molar-refractivity contribution in [1.82, 2.24) is 10.6 Å². The smallest absolute Gasteiger partial charge is 0.270 e. The molecule has 0 atom stereocenters. The number of likely N-dealkylation sites (N-methyl/N-ethyl adjacent to an activating group) is 1. The lowest BCUT2D eigenvalue weighted by Crippen LogP contribution is -2.28. The van der Waals surface area contributed by atoms with Gasteiger partial charge in [-0.05, 0) is 20.0 Å². The number of carbonyl (C=O) groups is 1. The highest BCUT2D eigenvalue weighted by Crippen LogP contribution is 2.24. The first-order chi connectivity index (χ1) is 9.08. The van der Waals surface area contributed by atoms with Crippen molar-refractivity contribution < 1.29 is 14.5 Å². The molecular weight excluding hydrogens is 250 g/mol. The summed E-state index contributed by atoms with van der Waals surface area (Å²) in [6, 6.07) is 4.29. The number of nitrogens with one attached hydrogen (secondary N) is 2. The Labute approximate surface area is 111 Å². The van der Waals surface area contributed by atoms with Gasteiger partial charge in [0.2, 0.25) is 0 Å². The quantitative estimate of drug-likeness (QED) is 0.563. The maximum Gasteiger partial charge on any atom is 0.270 e. The average Bonchev–Trinajstić information content (AvgIpc) is 2.37. The van der Waals surface area contributed by atoms with Gasteiger partial charge in [-0.15, -0.1) is 0 Å². The summed E-state index contributed by atoms with van der Waals surface area (Å²) in [5, 5.41) is 16.2. The van der Waals surface area contributed by atoms with Gasteiger partial charge in [0.05, 0.1) is 4.92 Å². The van der Waals surface area contributed by atoms with E-state index in [1.54, 1.807) is 7.05 Å². The van der Waals surface area contributed by atoms with Crippen LogP contribution in [0.2, 0.25) is 0 Å². The fourth-order valence-corrected chi connectivity index (χ4v) is 1.54. The highest BCUT2D eigenvalue weighted by Gasteiger charge is 2.12. The Hall–Kier alpha value is -2.15. The molecule has 0 saturated heterocycles. The molecule has 7 heteroatoms. The normalized spacial score (nSPS) is 10.0. The molecule has 0 bridgehead atoms. The topological polar surface area (TPSA) is 93.5 Å². The molecule has 1 amide bonds. The van der Waals surface area contributed by atoms with Gasteiger partial charge in [0.1, 0.15) is 5.75 Å². The standard InChI is InChI=1S/C12H17N3O4/c1-3-14-12(16)8-19-11-5-4-10(15(17)18)6-9(11)7-13-2/h4-6,13H,3,7-8H2,1-2H3,(H,14,16). The molecule has 2 N–H and O–H groups in total. The zero-order valence-electron chi connectivity index (χ0n) is 10.9. The molecule has 0 unspecified atom stereocenters. The van der Waals surface area contributed by atoms with Crippen molar-refractivity contribution in [3.8, 4) is 5.75 Å². The van der Waals surface area contributed by atoms with Gasteiger partial charge >= 0.3 is 0 Å². The average molecular weight is 267 g/mol. The highest BCUT2D eigenvalue weighted by atomic mass is 16.6. The third kappa shape index (κ3) is 4.55. The lowest BCUT2D eigenvalue weighted by molar-refractivity contribution is -0.384. The largest absolute Gasteiger partial charge is 0.483 e. The van der Waals surface area contributed by atoms with Gasteiger partial charge in [-0.2, -0.15) is 0 Å². The molecule has 1 rings (SSSR count). The molecule has 0 aliphatic carbocycles. The third-order valence-electron chi connectivity index (χ3n) is 2.35. The van der Waals surface area contributed by atoms with E-state index in [0.717, 1.165) is 0 Å². The number of amides is 1. The first-order valence-corrected chi connectivity index (χ1v) is 5.90. The first-order valence-electron chi connectivity index (χ1n) is 5.90. The van der Waals surface area contributed by atoms with Gasteiger partial charge in [0.25, 0.3) is 11.6 Å². The van der Waals surface area contributed by atoms with Crippen molar-refractivity contribution in [1.29, 1.82) is 0 Å². The second kappa shape index (κ2) is 7.32.